The number of nitrogens with zero attached hydrogens (tertiary/aromatic N) is 1. The quantitative estimate of drug-likeness (QED) is 0.904. The Bertz CT molecular complexity index is 701. The largest absolute Gasteiger partial charge is 0.480 e. The molecule has 2 rings (SSSR count). The Morgan fingerprint density at radius 3 is 2.62 bits per heavy atom. The van der Waals surface area contributed by atoms with Crippen LogP contribution in [-0.4, -0.2) is 49.1 Å². The molecule has 1 atom stereocenters. The molecule has 0 spiro atoms. The minimum Gasteiger partial charge on any atom is -0.480 e. The lowest BCUT2D eigenvalue weighted by atomic mass is 10.1. The van der Waals surface area contributed by atoms with E-state index in [9.17, 15) is 18.0 Å². The number of carboxylic acid groups (broad SMARTS) is 1. The van der Waals surface area contributed by atoms with Crippen molar-refractivity contribution in [2.24, 2.45) is 0 Å². The normalized spacial score (nSPS) is 18.8. The molecule has 1 aliphatic heterocycles. The maximum atomic E-state index is 12.4. The minimum absolute atomic E-state index is 0.0326. The number of halogens is 1. The summed E-state index contributed by atoms with van der Waals surface area (Å²) in [6.07, 6.45) is 2.00. The van der Waals surface area contributed by atoms with Gasteiger partial charge in [0.15, 0.2) is 9.84 Å². The first-order chi connectivity index (χ1) is 9.71. The Morgan fingerprint density at radius 1 is 1.38 bits per heavy atom. The highest BCUT2D eigenvalue weighted by atomic mass is 35.5. The van der Waals surface area contributed by atoms with Gasteiger partial charge in [0.25, 0.3) is 5.91 Å². The Hall–Kier alpha value is -1.60. The summed E-state index contributed by atoms with van der Waals surface area (Å²) in [7, 11) is -3.56. The molecule has 0 radical (unpaired) electrons. The summed E-state index contributed by atoms with van der Waals surface area (Å²) in [5.74, 6) is -1.56. The number of benzene rings is 1. The molecule has 0 aliphatic carbocycles. The molecular weight excluding hydrogens is 318 g/mol. The lowest BCUT2D eigenvalue weighted by Crippen LogP contribution is -2.40. The summed E-state index contributed by atoms with van der Waals surface area (Å²) in [5.41, 5.74) is 0.118. The van der Waals surface area contributed by atoms with Gasteiger partial charge in [-0.3, -0.25) is 4.79 Å². The van der Waals surface area contributed by atoms with E-state index in [1.54, 1.807) is 0 Å². The zero-order chi connectivity index (χ0) is 15.8. The van der Waals surface area contributed by atoms with E-state index in [0.717, 1.165) is 6.26 Å². The zero-order valence-electron chi connectivity index (χ0n) is 11.2. The molecule has 1 aromatic carbocycles. The summed E-state index contributed by atoms with van der Waals surface area (Å²) in [6.45, 7) is 0.340. The summed E-state index contributed by atoms with van der Waals surface area (Å²) >= 11 is 5.83. The highest BCUT2D eigenvalue weighted by molar-refractivity contribution is 7.90. The number of hydrogen-bond acceptors (Lipinski definition) is 4. The SMILES string of the molecule is CS(=O)(=O)c1cc(C(=O)N2CCCC2C(=O)O)ccc1Cl. The smallest absolute Gasteiger partial charge is 0.326 e. The molecule has 21 heavy (non-hydrogen) atoms. The number of sulfone groups is 1. The molecule has 1 aliphatic rings. The topological polar surface area (TPSA) is 91.8 Å². The molecule has 0 bridgehead atoms. The van der Waals surface area contributed by atoms with Gasteiger partial charge in [-0.1, -0.05) is 11.6 Å². The van der Waals surface area contributed by atoms with E-state index in [-0.39, 0.29) is 15.5 Å². The van der Waals surface area contributed by atoms with Crippen LogP contribution in [0.5, 0.6) is 0 Å². The average Bonchev–Trinajstić information content (AvgIpc) is 2.86. The van der Waals surface area contributed by atoms with Gasteiger partial charge in [-0.25, -0.2) is 13.2 Å². The van der Waals surface area contributed by atoms with E-state index in [0.29, 0.717) is 19.4 Å². The van der Waals surface area contributed by atoms with E-state index < -0.39 is 27.8 Å². The zero-order valence-corrected chi connectivity index (χ0v) is 12.8. The monoisotopic (exact) mass is 331 g/mol. The fourth-order valence-corrected chi connectivity index (χ4v) is 3.65. The van der Waals surface area contributed by atoms with Gasteiger partial charge in [0, 0.05) is 18.4 Å². The van der Waals surface area contributed by atoms with Crippen molar-refractivity contribution >= 4 is 33.3 Å². The molecule has 1 saturated heterocycles. The van der Waals surface area contributed by atoms with Gasteiger partial charge in [-0.15, -0.1) is 0 Å². The molecule has 1 fully saturated rings. The van der Waals surface area contributed by atoms with Crippen molar-refractivity contribution in [2.75, 3.05) is 12.8 Å². The molecular formula is C13H14ClNO5S. The second kappa shape index (κ2) is 5.65. The van der Waals surface area contributed by atoms with Gasteiger partial charge in [0.1, 0.15) is 6.04 Å². The maximum absolute atomic E-state index is 12.4. The number of likely N-dealkylation sites (tertiary alicyclic amines) is 1. The third-order valence-electron chi connectivity index (χ3n) is 3.38. The lowest BCUT2D eigenvalue weighted by molar-refractivity contribution is -0.141. The Kier molecular flexibility index (Phi) is 4.25. The maximum Gasteiger partial charge on any atom is 0.326 e. The van der Waals surface area contributed by atoms with Gasteiger partial charge in [-0.05, 0) is 31.0 Å². The van der Waals surface area contributed by atoms with E-state index in [1.807, 2.05) is 0 Å². The van der Waals surface area contributed by atoms with Crippen molar-refractivity contribution in [3.63, 3.8) is 0 Å². The van der Waals surface area contributed by atoms with Gasteiger partial charge in [0.05, 0.1) is 9.92 Å². The molecule has 1 aromatic rings. The molecule has 114 valence electrons. The van der Waals surface area contributed by atoms with Crippen LogP contribution in [0.25, 0.3) is 0 Å². The van der Waals surface area contributed by atoms with Crippen molar-refractivity contribution < 1.29 is 23.1 Å². The molecule has 1 amide bonds. The summed E-state index contributed by atoms with van der Waals surface area (Å²) < 4.78 is 23.2. The number of aliphatic carboxylic acids is 1. The molecule has 8 heteroatoms. The highest BCUT2D eigenvalue weighted by Crippen LogP contribution is 2.25. The fraction of sp³-hybridized carbons (Fsp3) is 0.385. The molecule has 1 N–H and O–H groups in total. The average molecular weight is 332 g/mol. The van der Waals surface area contributed by atoms with Crippen molar-refractivity contribution in [1.29, 1.82) is 0 Å². The first-order valence-corrected chi connectivity index (χ1v) is 8.52. The predicted octanol–water partition coefficient (Wildman–Crippen LogP) is 1.43. The van der Waals surface area contributed by atoms with Crippen LogP contribution in [0.3, 0.4) is 0 Å². The van der Waals surface area contributed by atoms with Gasteiger partial charge in [-0.2, -0.15) is 0 Å². The van der Waals surface area contributed by atoms with Crippen LogP contribution in [0.15, 0.2) is 23.1 Å². The third-order valence-corrected chi connectivity index (χ3v) is 4.95. The minimum atomic E-state index is -3.56. The van der Waals surface area contributed by atoms with E-state index in [4.69, 9.17) is 16.7 Å². The number of carbonyl (C=O) groups is 2. The van der Waals surface area contributed by atoms with Gasteiger partial charge in [0.2, 0.25) is 0 Å². The standard InChI is InChI=1S/C13H14ClNO5S/c1-21(19,20)11-7-8(4-5-9(11)14)12(16)15-6-2-3-10(15)13(17)18/h4-5,7,10H,2-3,6H2,1H3,(H,17,18). The van der Waals surface area contributed by atoms with Crippen LogP contribution in [-0.2, 0) is 14.6 Å². The highest BCUT2D eigenvalue weighted by Gasteiger charge is 2.34. The van der Waals surface area contributed by atoms with Crippen LogP contribution in [0.1, 0.15) is 23.2 Å². The summed E-state index contributed by atoms with van der Waals surface area (Å²) in [4.78, 5) is 24.6. The predicted molar refractivity (Wildman–Crippen MR) is 76.3 cm³/mol. The number of rotatable bonds is 3. The molecule has 0 saturated carbocycles. The number of hydrogen-bond donors (Lipinski definition) is 1. The third kappa shape index (κ3) is 3.19. The van der Waals surface area contributed by atoms with Crippen LogP contribution >= 0.6 is 11.6 Å². The molecule has 0 aromatic heterocycles. The molecule has 1 heterocycles. The first-order valence-electron chi connectivity index (χ1n) is 6.25. The van der Waals surface area contributed by atoms with E-state index in [2.05, 4.69) is 0 Å². The summed E-state index contributed by atoms with van der Waals surface area (Å²) in [5, 5.41) is 9.13. The first kappa shape index (κ1) is 15.8. The van der Waals surface area contributed by atoms with Crippen LogP contribution in [0.2, 0.25) is 5.02 Å². The summed E-state index contributed by atoms with van der Waals surface area (Å²) in [6, 6.07) is 3.06. The van der Waals surface area contributed by atoms with Crippen LogP contribution in [0.4, 0.5) is 0 Å². The Labute approximate surface area is 127 Å². The second-order valence-electron chi connectivity index (χ2n) is 4.91. The van der Waals surface area contributed by atoms with Crippen LogP contribution in [0, 0.1) is 0 Å². The van der Waals surface area contributed by atoms with Crippen molar-refractivity contribution in [2.45, 2.75) is 23.8 Å². The van der Waals surface area contributed by atoms with Gasteiger partial charge < -0.3 is 10.0 Å². The van der Waals surface area contributed by atoms with Crippen molar-refractivity contribution in [1.82, 2.24) is 4.90 Å². The number of carbonyl (C=O) groups excluding carboxylic acids is 1. The van der Waals surface area contributed by atoms with Crippen molar-refractivity contribution in [3.8, 4) is 0 Å². The second-order valence-corrected chi connectivity index (χ2v) is 7.30. The van der Waals surface area contributed by atoms with E-state index >= 15 is 0 Å². The number of carboxylic acids is 1. The number of amides is 1. The fourth-order valence-electron chi connectivity index (χ4n) is 2.35. The molecule has 6 nitrogen and oxygen atoms in total. The van der Waals surface area contributed by atoms with Gasteiger partial charge >= 0.3 is 5.97 Å². The lowest BCUT2D eigenvalue weighted by Gasteiger charge is -2.21. The van der Waals surface area contributed by atoms with Crippen molar-refractivity contribution in [3.05, 3.63) is 28.8 Å². The van der Waals surface area contributed by atoms with E-state index in [1.165, 1.54) is 23.1 Å². The Balaban J connectivity index is 2.39. The van der Waals surface area contributed by atoms with Crippen LogP contribution < -0.4 is 0 Å². The molecule has 1 unspecified atom stereocenters. The Morgan fingerprint density at radius 2 is 2.05 bits per heavy atom.